The molecule has 0 heterocycles. The molecule has 0 bridgehead atoms. The van der Waals surface area contributed by atoms with Crippen LogP contribution in [0.25, 0.3) is 0 Å². The van der Waals surface area contributed by atoms with Gasteiger partial charge in [0.1, 0.15) is 11.6 Å². The van der Waals surface area contributed by atoms with Crippen molar-refractivity contribution in [1.29, 1.82) is 0 Å². The Hall–Kier alpha value is -1.13. The van der Waals surface area contributed by atoms with Gasteiger partial charge < -0.3 is 15.6 Å². The maximum absolute atomic E-state index is 13.1. The fraction of sp³-hybridized carbons (Fsp3) is 0.538. The van der Waals surface area contributed by atoms with Gasteiger partial charge in [-0.05, 0) is 39.0 Å². The first-order chi connectivity index (χ1) is 7.79. The summed E-state index contributed by atoms with van der Waals surface area (Å²) in [6.07, 6.45) is 0.503. The molecule has 0 aromatic heterocycles. The summed E-state index contributed by atoms with van der Waals surface area (Å²) in [7, 11) is 0. The average molecular weight is 241 g/mol. The highest BCUT2D eigenvalue weighted by molar-refractivity contribution is 5.36. The van der Waals surface area contributed by atoms with Crippen molar-refractivity contribution in [2.75, 3.05) is 6.61 Å². The van der Waals surface area contributed by atoms with Gasteiger partial charge in [0.25, 0.3) is 0 Å². The third-order valence-electron chi connectivity index (χ3n) is 2.43. The SMILES string of the molecule is CC(N)c1cc(F)ccc1OCCC(C)(C)O. The van der Waals surface area contributed by atoms with Crippen molar-refractivity contribution >= 4 is 0 Å². The van der Waals surface area contributed by atoms with Crippen LogP contribution in [0.3, 0.4) is 0 Å². The molecule has 3 nitrogen and oxygen atoms in total. The van der Waals surface area contributed by atoms with Gasteiger partial charge in [0.2, 0.25) is 0 Å². The molecular weight excluding hydrogens is 221 g/mol. The number of hydrogen-bond acceptors (Lipinski definition) is 3. The summed E-state index contributed by atoms with van der Waals surface area (Å²) in [6, 6.07) is 4.00. The molecule has 0 fully saturated rings. The van der Waals surface area contributed by atoms with Gasteiger partial charge >= 0.3 is 0 Å². The third kappa shape index (κ3) is 4.71. The minimum absolute atomic E-state index is 0.289. The van der Waals surface area contributed by atoms with E-state index in [-0.39, 0.29) is 11.9 Å². The van der Waals surface area contributed by atoms with E-state index in [9.17, 15) is 9.50 Å². The Balaban J connectivity index is 2.70. The molecule has 0 aliphatic heterocycles. The lowest BCUT2D eigenvalue weighted by Gasteiger charge is -2.19. The Morgan fingerprint density at radius 1 is 1.47 bits per heavy atom. The molecular formula is C13H20FNO2. The monoisotopic (exact) mass is 241 g/mol. The van der Waals surface area contributed by atoms with E-state index in [1.54, 1.807) is 26.8 Å². The van der Waals surface area contributed by atoms with Crippen molar-refractivity contribution in [2.24, 2.45) is 5.73 Å². The number of rotatable bonds is 5. The van der Waals surface area contributed by atoms with Gasteiger partial charge in [0.15, 0.2) is 0 Å². The minimum Gasteiger partial charge on any atom is -0.493 e. The lowest BCUT2D eigenvalue weighted by molar-refractivity contribution is 0.0551. The standard InChI is InChI=1S/C13H20FNO2/c1-9(15)11-8-10(14)4-5-12(11)17-7-6-13(2,3)16/h4-5,8-9,16H,6-7,15H2,1-3H3. The predicted octanol–water partition coefficient (Wildman–Crippen LogP) is 2.39. The Bertz CT molecular complexity index is 372. The fourth-order valence-corrected chi connectivity index (χ4v) is 1.42. The van der Waals surface area contributed by atoms with Crippen molar-refractivity contribution in [2.45, 2.75) is 38.8 Å². The van der Waals surface area contributed by atoms with Crippen LogP contribution < -0.4 is 10.5 Å². The topological polar surface area (TPSA) is 55.5 Å². The van der Waals surface area contributed by atoms with Crippen LogP contribution in [0.2, 0.25) is 0 Å². The molecule has 4 heteroatoms. The first-order valence-electron chi connectivity index (χ1n) is 5.70. The van der Waals surface area contributed by atoms with Gasteiger partial charge in [-0.25, -0.2) is 4.39 Å². The summed E-state index contributed by atoms with van der Waals surface area (Å²) in [5, 5.41) is 9.55. The number of nitrogens with two attached hydrogens (primary N) is 1. The van der Waals surface area contributed by atoms with E-state index < -0.39 is 5.60 Å². The van der Waals surface area contributed by atoms with E-state index >= 15 is 0 Å². The van der Waals surface area contributed by atoms with Crippen LogP contribution in [-0.2, 0) is 0 Å². The molecule has 0 saturated carbocycles. The number of hydrogen-bond donors (Lipinski definition) is 2. The Kier molecular flexibility index (Phi) is 4.48. The molecule has 96 valence electrons. The molecule has 1 rings (SSSR count). The van der Waals surface area contributed by atoms with Gasteiger partial charge in [0, 0.05) is 18.0 Å². The number of ether oxygens (including phenoxy) is 1. The normalized spacial score (nSPS) is 13.5. The highest BCUT2D eigenvalue weighted by atomic mass is 19.1. The summed E-state index contributed by atoms with van der Waals surface area (Å²) < 4.78 is 18.6. The van der Waals surface area contributed by atoms with E-state index in [0.29, 0.717) is 24.3 Å². The van der Waals surface area contributed by atoms with Crippen LogP contribution >= 0.6 is 0 Å². The Morgan fingerprint density at radius 2 is 2.12 bits per heavy atom. The number of halogens is 1. The van der Waals surface area contributed by atoms with Gasteiger partial charge in [-0.15, -0.1) is 0 Å². The van der Waals surface area contributed by atoms with Crippen LogP contribution in [-0.4, -0.2) is 17.3 Å². The Labute approximate surface area is 101 Å². The maximum atomic E-state index is 13.1. The second-order valence-corrected chi connectivity index (χ2v) is 4.88. The van der Waals surface area contributed by atoms with E-state index in [2.05, 4.69) is 0 Å². The third-order valence-corrected chi connectivity index (χ3v) is 2.43. The van der Waals surface area contributed by atoms with Crippen molar-refractivity contribution in [3.63, 3.8) is 0 Å². The molecule has 1 aromatic carbocycles. The van der Waals surface area contributed by atoms with Gasteiger partial charge in [0.05, 0.1) is 12.2 Å². The highest BCUT2D eigenvalue weighted by Crippen LogP contribution is 2.25. The van der Waals surface area contributed by atoms with Crippen molar-refractivity contribution in [3.8, 4) is 5.75 Å². The Morgan fingerprint density at radius 3 is 2.65 bits per heavy atom. The molecule has 0 radical (unpaired) electrons. The second-order valence-electron chi connectivity index (χ2n) is 4.88. The maximum Gasteiger partial charge on any atom is 0.124 e. The summed E-state index contributed by atoms with van der Waals surface area (Å²) in [5.41, 5.74) is 5.62. The number of aliphatic hydroxyl groups is 1. The van der Waals surface area contributed by atoms with Crippen LogP contribution in [0.1, 0.15) is 38.8 Å². The zero-order chi connectivity index (χ0) is 13.1. The lowest BCUT2D eigenvalue weighted by Crippen LogP contribution is -2.22. The zero-order valence-electron chi connectivity index (χ0n) is 10.5. The molecule has 0 aliphatic rings. The molecule has 0 spiro atoms. The second kappa shape index (κ2) is 5.47. The fourth-order valence-electron chi connectivity index (χ4n) is 1.42. The van der Waals surface area contributed by atoms with Crippen LogP contribution in [0.4, 0.5) is 4.39 Å². The summed E-state index contributed by atoms with van der Waals surface area (Å²) >= 11 is 0. The molecule has 0 saturated heterocycles. The van der Waals surface area contributed by atoms with E-state index in [0.717, 1.165) is 0 Å². The average Bonchev–Trinajstić information content (AvgIpc) is 2.18. The van der Waals surface area contributed by atoms with Crippen LogP contribution in [0.5, 0.6) is 5.75 Å². The molecule has 1 aromatic rings. The van der Waals surface area contributed by atoms with Crippen LogP contribution in [0.15, 0.2) is 18.2 Å². The quantitative estimate of drug-likeness (QED) is 0.832. The molecule has 17 heavy (non-hydrogen) atoms. The van der Waals surface area contributed by atoms with Gasteiger partial charge in [-0.1, -0.05) is 0 Å². The van der Waals surface area contributed by atoms with E-state index in [1.165, 1.54) is 12.1 Å². The summed E-state index contributed by atoms with van der Waals surface area (Å²) in [5.74, 6) is 0.248. The molecule has 1 atom stereocenters. The molecule has 0 amide bonds. The zero-order valence-corrected chi connectivity index (χ0v) is 10.5. The largest absolute Gasteiger partial charge is 0.493 e. The van der Waals surface area contributed by atoms with Crippen LogP contribution in [0, 0.1) is 5.82 Å². The number of benzene rings is 1. The first-order valence-corrected chi connectivity index (χ1v) is 5.70. The van der Waals surface area contributed by atoms with E-state index in [1.807, 2.05) is 0 Å². The van der Waals surface area contributed by atoms with Gasteiger partial charge in [-0.2, -0.15) is 0 Å². The predicted molar refractivity (Wildman–Crippen MR) is 65.4 cm³/mol. The summed E-state index contributed by atoms with van der Waals surface area (Å²) in [4.78, 5) is 0. The van der Waals surface area contributed by atoms with Crippen molar-refractivity contribution in [1.82, 2.24) is 0 Å². The molecule has 0 aliphatic carbocycles. The van der Waals surface area contributed by atoms with Crippen molar-refractivity contribution < 1.29 is 14.2 Å². The first kappa shape index (κ1) is 13.9. The minimum atomic E-state index is -0.769. The smallest absolute Gasteiger partial charge is 0.124 e. The molecule has 1 unspecified atom stereocenters. The van der Waals surface area contributed by atoms with Crippen molar-refractivity contribution in [3.05, 3.63) is 29.6 Å². The van der Waals surface area contributed by atoms with Gasteiger partial charge in [-0.3, -0.25) is 0 Å². The highest BCUT2D eigenvalue weighted by Gasteiger charge is 2.14. The van der Waals surface area contributed by atoms with E-state index in [4.69, 9.17) is 10.5 Å². The molecule has 3 N–H and O–H groups in total. The summed E-state index contributed by atoms with van der Waals surface area (Å²) in [6.45, 7) is 5.58. The lowest BCUT2D eigenvalue weighted by atomic mass is 10.1.